The minimum Gasteiger partial charge on any atom is -0.399 e. The fraction of sp³-hybridized carbons (Fsp3) is 0.484. The molecule has 3 N–H and O–H groups in total. The topological polar surface area (TPSA) is 44.5 Å². The Labute approximate surface area is 218 Å². The highest BCUT2D eigenvalue weighted by Crippen LogP contribution is 2.47. The molecule has 3 aliphatic rings. The lowest BCUT2D eigenvalue weighted by Gasteiger charge is -2.36. The molecule has 2 aliphatic heterocycles. The monoisotopic (exact) mass is 492 g/mol. The Bertz CT molecular complexity index is 1050. The zero-order chi connectivity index (χ0) is 26.3. The third-order valence-electron chi connectivity index (χ3n) is 7.31. The summed E-state index contributed by atoms with van der Waals surface area (Å²) in [5, 5.41) is 3.33. The van der Waals surface area contributed by atoms with Crippen LogP contribution in [0.3, 0.4) is 0 Å². The lowest BCUT2D eigenvalue weighted by Crippen LogP contribution is -2.39. The van der Waals surface area contributed by atoms with Gasteiger partial charge in [-0.05, 0) is 68.6 Å². The van der Waals surface area contributed by atoms with Crippen LogP contribution in [0.4, 0.5) is 21.5 Å². The number of halogens is 1. The maximum Gasteiger partial charge on any atom is 0.125 e. The van der Waals surface area contributed by atoms with Gasteiger partial charge in [0.2, 0.25) is 0 Å². The first-order valence-corrected chi connectivity index (χ1v) is 13.6. The quantitative estimate of drug-likeness (QED) is 0.338. The Morgan fingerprint density at radius 2 is 1.75 bits per heavy atom. The number of rotatable bonds is 5. The van der Waals surface area contributed by atoms with E-state index in [0.29, 0.717) is 6.54 Å². The van der Waals surface area contributed by atoms with E-state index < -0.39 is 0 Å². The molecule has 2 fully saturated rings. The number of allylic oxidation sites excluding steroid dienone is 1. The Morgan fingerprint density at radius 3 is 2.39 bits per heavy atom. The fourth-order valence-corrected chi connectivity index (χ4v) is 5.28. The molecule has 5 rings (SSSR count). The van der Waals surface area contributed by atoms with Gasteiger partial charge in [0.05, 0.1) is 17.9 Å². The summed E-state index contributed by atoms with van der Waals surface area (Å²) in [7, 11) is 0. The minimum absolute atomic E-state index is 0.0734. The van der Waals surface area contributed by atoms with Crippen LogP contribution >= 0.6 is 0 Å². The molecule has 2 aromatic carbocycles. The van der Waals surface area contributed by atoms with Gasteiger partial charge in [0.1, 0.15) is 5.82 Å². The van der Waals surface area contributed by atoms with Crippen molar-refractivity contribution in [2.24, 2.45) is 0 Å². The van der Waals surface area contributed by atoms with Gasteiger partial charge in [0.25, 0.3) is 0 Å². The number of nitrogens with two attached hydrogens (primary N) is 1. The molecule has 0 spiro atoms. The average Bonchev–Trinajstić information content (AvgIpc) is 3.64. The molecule has 1 unspecified atom stereocenters. The molecule has 1 saturated carbocycles. The standard InChI is InChI=1S/C26H31FN4.C3H8.C2H6/c1-18-16-29-24-10-7-22(27)15-25(24)31(18)14-13-30-12-11-26(17-30,19(2)20-3-4-20)21-5-8-23(28)9-6-21;1-3-2;1-2/h5-10,15,29H,1,3-4,11-14,16-17,28H2,2H3;3H2,1-2H3;1-2H3. The average molecular weight is 493 g/mol. The second-order valence-electron chi connectivity index (χ2n) is 9.90. The molecule has 0 amide bonds. The summed E-state index contributed by atoms with van der Waals surface area (Å²) < 4.78 is 13.9. The summed E-state index contributed by atoms with van der Waals surface area (Å²) >= 11 is 0. The molecule has 0 bridgehead atoms. The van der Waals surface area contributed by atoms with Crippen LogP contribution in [-0.2, 0) is 5.41 Å². The fourth-order valence-electron chi connectivity index (χ4n) is 5.28. The third kappa shape index (κ3) is 6.12. The van der Waals surface area contributed by atoms with Crippen molar-refractivity contribution in [2.45, 2.75) is 65.7 Å². The van der Waals surface area contributed by atoms with Crippen molar-refractivity contribution in [3.63, 3.8) is 0 Å². The SMILES string of the molecule is C=C1CNc2ccc(F)cc2N1CCN1CCC(C(C)=C2CC2)(c2ccc(N)cc2)C1.CC.CCC. The van der Waals surface area contributed by atoms with Gasteiger partial charge in [0.15, 0.2) is 0 Å². The molecule has 1 saturated heterocycles. The molecule has 1 aliphatic carbocycles. The number of fused-ring (bicyclic) bond motifs is 1. The van der Waals surface area contributed by atoms with Crippen molar-refractivity contribution in [2.75, 3.05) is 48.7 Å². The first-order chi connectivity index (χ1) is 17.4. The van der Waals surface area contributed by atoms with E-state index in [-0.39, 0.29) is 11.2 Å². The molecule has 4 nitrogen and oxygen atoms in total. The Morgan fingerprint density at radius 1 is 1.08 bits per heavy atom. The van der Waals surface area contributed by atoms with Crippen molar-refractivity contribution >= 4 is 17.1 Å². The zero-order valence-electron chi connectivity index (χ0n) is 23.0. The predicted molar refractivity (Wildman–Crippen MR) is 154 cm³/mol. The first-order valence-electron chi connectivity index (χ1n) is 13.6. The highest BCUT2D eigenvalue weighted by Gasteiger charge is 2.43. The minimum atomic E-state index is -0.213. The number of nitrogens with one attached hydrogen (secondary N) is 1. The zero-order valence-corrected chi connectivity index (χ0v) is 23.0. The van der Waals surface area contributed by atoms with Crippen molar-refractivity contribution in [3.05, 3.63) is 77.3 Å². The van der Waals surface area contributed by atoms with Crippen LogP contribution in [0.2, 0.25) is 0 Å². The Balaban J connectivity index is 0.000000674. The smallest absolute Gasteiger partial charge is 0.125 e. The molecular formula is C31H45FN4. The van der Waals surface area contributed by atoms with E-state index in [9.17, 15) is 4.39 Å². The molecule has 5 heteroatoms. The highest BCUT2D eigenvalue weighted by atomic mass is 19.1. The maximum absolute atomic E-state index is 13.9. The van der Waals surface area contributed by atoms with Gasteiger partial charge in [-0.15, -0.1) is 0 Å². The predicted octanol–water partition coefficient (Wildman–Crippen LogP) is 7.35. The normalized spacial score (nSPS) is 20.4. The number of nitrogen functional groups attached to an aromatic ring is 1. The van der Waals surface area contributed by atoms with E-state index in [1.54, 1.807) is 17.2 Å². The molecule has 196 valence electrons. The van der Waals surface area contributed by atoms with Crippen LogP contribution in [0.25, 0.3) is 0 Å². The summed E-state index contributed by atoms with van der Waals surface area (Å²) in [6.07, 6.45) is 4.86. The van der Waals surface area contributed by atoms with Crippen LogP contribution in [-0.4, -0.2) is 37.6 Å². The van der Waals surface area contributed by atoms with Crippen LogP contribution in [0.1, 0.15) is 65.9 Å². The van der Waals surface area contributed by atoms with Crippen LogP contribution < -0.4 is 16.0 Å². The summed E-state index contributed by atoms with van der Waals surface area (Å²) in [4.78, 5) is 4.72. The Hall–Kier alpha value is -2.79. The number of hydrogen-bond donors (Lipinski definition) is 2. The summed E-state index contributed by atoms with van der Waals surface area (Å²) in [5.41, 5.74) is 14.3. The lowest BCUT2D eigenvalue weighted by atomic mass is 9.73. The maximum atomic E-state index is 13.9. The molecular weight excluding hydrogens is 447 g/mol. The van der Waals surface area contributed by atoms with E-state index in [4.69, 9.17) is 5.73 Å². The highest BCUT2D eigenvalue weighted by molar-refractivity contribution is 5.75. The molecule has 1 atom stereocenters. The van der Waals surface area contributed by atoms with Gasteiger partial charge in [-0.2, -0.15) is 0 Å². The van der Waals surface area contributed by atoms with Crippen molar-refractivity contribution < 1.29 is 4.39 Å². The lowest BCUT2D eigenvalue weighted by molar-refractivity contribution is 0.327. The Kier molecular flexibility index (Phi) is 9.61. The number of nitrogens with zero attached hydrogens (tertiary/aromatic N) is 2. The van der Waals surface area contributed by atoms with E-state index in [1.165, 1.54) is 30.9 Å². The van der Waals surface area contributed by atoms with Crippen molar-refractivity contribution in [3.8, 4) is 0 Å². The van der Waals surface area contributed by atoms with E-state index in [1.807, 2.05) is 32.0 Å². The van der Waals surface area contributed by atoms with E-state index >= 15 is 0 Å². The van der Waals surface area contributed by atoms with Gasteiger partial charge in [-0.1, -0.05) is 64.0 Å². The third-order valence-corrected chi connectivity index (χ3v) is 7.31. The second-order valence-corrected chi connectivity index (χ2v) is 9.90. The van der Waals surface area contributed by atoms with Crippen LogP contribution in [0, 0.1) is 5.82 Å². The summed E-state index contributed by atoms with van der Waals surface area (Å²) in [6.45, 7) is 19.3. The van der Waals surface area contributed by atoms with Crippen LogP contribution in [0.5, 0.6) is 0 Å². The van der Waals surface area contributed by atoms with E-state index in [0.717, 1.165) is 55.4 Å². The van der Waals surface area contributed by atoms with Gasteiger partial charge >= 0.3 is 0 Å². The van der Waals surface area contributed by atoms with Crippen molar-refractivity contribution in [1.82, 2.24) is 4.90 Å². The summed E-state index contributed by atoms with van der Waals surface area (Å²) in [6, 6.07) is 13.4. The van der Waals surface area contributed by atoms with Gasteiger partial charge in [-0.3, -0.25) is 0 Å². The summed E-state index contributed by atoms with van der Waals surface area (Å²) in [5.74, 6) is -0.213. The first kappa shape index (κ1) is 27.8. The molecule has 2 heterocycles. The van der Waals surface area contributed by atoms with Gasteiger partial charge in [0, 0.05) is 36.4 Å². The second kappa shape index (κ2) is 12.4. The number of benzene rings is 2. The molecule has 36 heavy (non-hydrogen) atoms. The number of hydrogen-bond acceptors (Lipinski definition) is 4. The molecule has 2 aromatic rings. The van der Waals surface area contributed by atoms with Gasteiger partial charge < -0.3 is 20.9 Å². The number of anilines is 3. The largest absolute Gasteiger partial charge is 0.399 e. The number of likely N-dealkylation sites (tertiary alicyclic amines) is 1. The van der Waals surface area contributed by atoms with Gasteiger partial charge in [-0.25, -0.2) is 4.39 Å². The molecule has 0 radical (unpaired) electrons. The van der Waals surface area contributed by atoms with E-state index in [2.05, 4.69) is 54.6 Å². The molecule has 0 aromatic heterocycles. The van der Waals surface area contributed by atoms with Crippen molar-refractivity contribution in [1.29, 1.82) is 0 Å². The van der Waals surface area contributed by atoms with Crippen LogP contribution in [0.15, 0.2) is 65.9 Å².